The minimum atomic E-state index is -0.921. The van der Waals surface area contributed by atoms with E-state index in [1.165, 1.54) is 0 Å². The molecular weight excluding hydrogens is 518 g/mol. The van der Waals surface area contributed by atoms with Gasteiger partial charge in [0.05, 0.1) is 25.9 Å². The lowest BCUT2D eigenvalue weighted by atomic mass is 10.0. The monoisotopic (exact) mass is 551 g/mol. The summed E-state index contributed by atoms with van der Waals surface area (Å²) in [6.07, 6.45) is -0.0135. The number of hydrogen-bond donors (Lipinski definition) is 3. The van der Waals surface area contributed by atoms with Crippen LogP contribution in [-0.4, -0.2) is 41.1 Å². The molecule has 1 fully saturated rings. The van der Waals surface area contributed by atoms with Crippen LogP contribution in [0.3, 0.4) is 0 Å². The Kier molecular flexibility index (Phi) is 10.4. The van der Waals surface area contributed by atoms with Crippen molar-refractivity contribution < 1.29 is 34.0 Å². The van der Waals surface area contributed by atoms with E-state index in [0.29, 0.717) is 17.9 Å². The fraction of sp³-hybridized carbons (Fsp3) is 0.333. The van der Waals surface area contributed by atoms with Crippen LogP contribution < -0.4 is 10.1 Å². The highest BCUT2D eigenvalue weighted by atomic mass is 32.2. The molecule has 3 aromatic carbocycles. The van der Waals surface area contributed by atoms with Gasteiger partial charge in [-0.05, 0) is 41.8 Å². The van der Waals surface area contributed by atoms with Crippen molar-refractivity contribution in [2.75, 3.05) is 18.2 Å². The third-order valence-electron chi connectivity index (χ3n) is 6.35. The number of carbonyl (C=O) groups is 2. The number of anilines is 1. The van der Waals surface area contributed by atoms with Crippen LogP contribution in [0.25, 0.3) is 0 Å². The lowest BCUT2D eigenvalue weighted by molar-refractivity contribution is -0.245. The molecule has 1 heterocycles. The first-order valence-electron chi connectivity index (χ1n) is 12.8. The van der Waals surface area contributed by atoms with Gasteiger partial charge in [0.15, 0.2) is 6.29 Å². The third-order valence-corrected chi connectivity index (χ3v) is 7.53. The molecule has 3 N–H and O–H groups in total. The smallest absolute Gasteiger partial charge is 0.303 e. The molecule has 9 heteroatoms. The fourth-order valence-electron chi connectivity index (χ4n) is 4.33. The number of carboxylic acids is 1. The molecule has 0 bridgehead atoms. The number of carboxylic acid groups (broad SMARTS) is 1. The summed E-state index contributed by atoms with van der Waals surface area (Å²) in [7, 11) is 1.66. The molecule has 1 aliphatic rings. The van der Waals surface area contributed by atoms with Crippen LogP contribution in [0.15, 0.2) is 77.7 Å². The Hall–Kier alpha value is -3.37. The van der Waals surface area contributed by atoms with Crippen LogP contribution in [0, 0.1) is 0 Å². The molecule has 0 aromatic heterocycles. The number of ether oxygens (including phenoxy) is 3. The maximum Gasteiger partial charge on any atom is 0.303 e. The standard InChI is InChI=1S/C30H33NO7S/c1-36-25-8-2-3-9-27(25)39-19-24-17-26(21-14-12-20(18-32)13-15-21)38-30(37-24)22-6-4-7-23(16-22)31-28(33)10-5-11-29(34)35/h2-4,6-9,12-16,24,26,30,32H,5,10-11,17-19H2,1H3,(H,31,33)(H,34,35)/t24-,26+,30+/m0/s1. The molecule has 1 amide bonds. The van der Waals surface area contributed by atoms with Crippen LogP contribution in [0.4, 0.5) is 5.69 Å². The molecule has 0 radical (unpaired) electrons. The number of methoxy groups -OCH3 is 1. The average Bonchev–Trinajstić information content (AvgIpc) is 2.96. The molecular formula is C30H33NO7S. The summed E-state index contributed by atoms with van der Waals surface area (Å²) in [6, 6.07) is 22.9. The number of carbonyl (C=O) groups excluding carboxylic acids is 1. The second-order valence-corrected chi connectivity index (χ2v) is 10.3. The van der Waals surface area contributed by atoms with Gasteiger partial charge in [-0.3, -0.25) is 9.59 Å². The first-order valence-corrected chi connectivity index (χ1v) is 13.8. The molecule has 206 valence electrons. The van der Waals surface area contributed by atoms with Crippen molar-refractivity contribution in [3.63, 3.8) is 0 Å². The Balaban J connectivity index is 1.50. The summed E-state index contributed by atoms with van der Waals surface area (Å²) >= 11 is 1.66. The number of thioether (sulfide) groups is 1. The van der Waals surface area contributed by atoms with Gasteiger partial charge < -0.3 is 29.7 Å². The van der Waals surface area contributed by atoms with E-state index >= 15 is 0 Å². The highest BCUT2D eigenvalue weighted by Crippen LogP contribution is 2.40. The SMILES string of the molecule is COc1ccccc1SC[C@@H]1C[C@H](c2ccc(CO)cc2)O[C@H](c2cccc(NC(=O)CCCC(=O)O)c2)O1. The van der Waals surface area contributed by atoms with Crippen LogP contribution in [0.1, 0.15) is 54.8 Å². The van der Waals surface area contributed by atoms with Crippen molar-refractivity contribution in [1.82, 2.24) is 0 Å². The molecule has 1 aliphatic heterocycles. The number of benzene rings is 3. The van der Waals surface area contributed by atoms with Crippen LogP contribution in [0.2, 0.25) is 0 Å². The molecule has 0 unspecified atom stereocenters. The summed E-state index contributed by atoms with van der Waals surface area (Å²) < 4.78 is 18.3. The van der Waals surface area contributed by atoms with Crippen LogP contribution in [0.5, 0.6) is 5.75 Å². The number of aliphatic hydroxyl groups is 1. The minimum absolute atomic E-state index is 0.0233. The first-order chi connectivity index (χ1) is 18.9. The van der Waals surface area contributed by atoms with E-state index in [0.717, 1.165) is 27.3 Å². The Bertz CT molecular complexity index is 1250. The van der Waals surface area contributed by atoms with Gasteiger partial charge >= 0.3 is 5.97 Å². The Labute approximate surface area is 232 Å². The Morgan fingerprint density at radius 3 is 2.54 bits per heavy atom. The highest BCUT2D eigenvalue weighted by molar-refractivity contribution is 7.99. The van der Waals surface area contributed by atoms with Crippen LogP contribution in [-0.2, 0) is 25.7 Å². The quantitative estimate of drug-likeness (QED) is 0.245. The lowest BCUT2D eigenvalue weighted by Crippen LogP contribution is -2.31. The second-order valence-electron chi connectivity index (χ2n) is 9.23. The van der Waals surface area contributed by atoms with E-state index < -0.39 is 12.3 Å². The maximum atomic E-state index is 12.3. The van der Waals surface area contributed by atoms with E-state index in [9.17, 15) is 14.7 Å². The third kappa shape index (κ3) is 8.31. The van der Waals surface area contributed by atoms with Crippen molar-refractivity contribution in [3.8, 4) is 5.75 Å². The maximum absolute atomic E-state index is 12.3. The number of aliphatic hydroxyl groups excluding tert-OH is 1. The number of aliphatic carboxylic acids is 1. The van der Waals surface area contributed by atoms with Gasteiger partial charge in [-0.15, -0.1) is 11.8 Å². The average molecular weight is 552 g/mol. The molecule has 0 spiro atoms. The van der Waals surface area contributed by atoms with Gasteiger partial charge in [0, 0.05) is 41.2 Å². The van der Waals surface area contributed by atoms with E-state index in [1.807, 2.05) is 66.7 Å². The summed E-state index contributed by atoms with van der Waals surface area (Å²) in [5.41, 5.74) is 3.19. The van der Waals surface area contributed by atoms with Crippen molar-refractivity contribution >= 4 is 29.3 Å². The highest BCUT2D eigenvalue weighted by Gasteiger charge is 2.32. The van der Waals surface area contributed by atoms with Gasteiger partial charge in [0.25, 0.3) is 0 Å². The van der Waals surface area contributed by atoms with Crippen molar-refractivity contribution in [2.24, 2.45) is 0 Å². The van der Waals surface area contributed by atoms with Gasteiger partial charge in [-0.1, -0.05) is 48.5 Å². The zero-order chi connectivity index (χ0) is 27.6. The fourth-order valence-corrected chi connectivity index (χ4v) is 5.38. The topological polar surface area (TPSA) is 114 Å². The number of rotatable bonds is 12. The Morgan fingerprint density at radius 1 is 1.00 bits per heavy atom. The normalized spacial score (nSPS) is 18.9. The second kappa shape index (κ2) is 14.1. The molecule has 3 atom stereocenters. The predicted molar refractivity (Wildman–Crippen MR) is 149 cm³/mol. The van der Waals surface area contributed by atoms with E-state index in [-0.39, 0.29) is 44.0 Å². The molecule has 0 aliphatic carbocycles. The lowest BCUT2D eigenvalue weighted by Gasteiger charge is -2.36. The molecule has 3 aromatic rings. The van der Waals surface area contributed by atoms with Crippen molar-refractivity contribution in [3.05, 3.63) is 89.5 Å². The molecule has 1 saturated heterocycles. The number of nitrogens with one attached hydrogen (secondary N) is 1. The molecule has 4 rings (SSSR count). The molecule has 39 heavy (non-hydrogen) atoms. The van der Waals surface area contributed by atoms with Gasteiger partial charge in [-0.2, -0.15) is 0 Å². The first kappa shape index (κ1) is 28.6. The van der Waals surface area contributed by atoms with Crippen molar-refractivity contribution in [1.29, 1.82) is 0 Å². The summed E-state index contributed by atoms with van der Waals surface area (Å²) in [4.78, 5) is 24.1. The van der Waals surface area contributed by atoms with E-state index in [4.69, 9.17) is 19.3 Å². The van der Waals surface area contributed by atoms with Crippen molar-refractivity contribution in [2.45, 2.75) is 55.7 Å². The minimum Gasteiger partial charge on any atom is -0.496 e. The van der Waals surface area contributed by atoms with E-state index in [1.54, 1.807) is 24.9 Å². The number of para-hydroxylation sites is 1. The van der Waals surface area contributed by atoms with Gasteiger partial charge in [-0.25, -0.2) is 0 Å². The van der Waals surface area contributed by atoms with Gasteiger partial charge in [0.2, 0.25) is 5.91 Å². The number of hydrogen-bond acceptors (Lipinski definition) is 7. The zero-order valence-electron chi connectivity index (χ0n) is 21.7. The summed E-state index contributed by atoms with van der Waals surface area (Å²) in [5.74, 6) is 0.335. The van der Waals surface area contributed by atoms with E-state index in [2.05, 4.69) is 5.32 Å². The zero-order valence-corrected chi connectivity index (χ0v) is 22.6. The summed E-state index contributed by atoms with van der Waals surface area (Å²) in [5, 5.41) is 21.1. The van der Waals surface area contributed by atoms with Crippen LogP contribution >= 0.6 is 11.8 Å². The van der Waals surface area contributed by atoms with Gasteiger partial charge in [0.1, 0.15) is 5.75 Å². The number of amides is 1. The largest absolute Gasteiger partial charge is 0.496 e. The summed E-state index contributed by atoms with van der Waals surface area (Å²) in [6.45, 7) is -0.0233. The predicted octanol–water partition coefficient (Wildman–Crippen LogP) is 5.72. The molecule has 0 saturated carbocycles. The Morgan fingerprint density at radius 2 is 1.79 bits per heavy atom. The molecule has 8 nitrogen and oxygen atoms in total.